The van der Waals surface area contributed by atoms with E-state index in [0.29, 0.717) is 0 Å². The van der Waals surface area contributed by atoms with Crippen LogP contribution in [0.3, 0.4) is 0 Å². The fourth-order valence-corrected chi connectivity index (χ4v) is 1.44. The summed E-state index contributed by atoms with van der Waals surface area (Å²) < 4.78 is 5.21. The second kappa shape index (κ2) is 2.70. The van der Waals surface area contributed by atoms with Crippen LogP contribution in [0.15, 0.2) is 41.3 Å². The van der Waals surface area contributed by atoms with E-state index in [4.69, 9.17) is 4.42 Å². The molecule has 0 spiro atoms. The van der Waals surface area contributed by atoms with Gasteiger partial charge in [-0.25, -0.2) is 4.98 Å². The number of hydrogen-bond acceptors (Lipinski definition) is 3. The van der Waals surface area contributed by atoms with Crippen molar-refractivity contribution < 1.29 is 4.42 Å². The topological polar surface area (TPSA) is 54.7 Å². The Kier molecular flexibility index (Phi) is 1.41. The molecule has 0 aliphatic rings. The van der Waals surface area contributed by atoms with Gasteiger partial charge < -0.3 is 4.42 Å². The van der Waals surface area contributed by atoms with Gasteiger partial charge in [-0.15, -0.1) is 0 Å². The number of rotatable bonds is 1. The lowest BCUT2D eigenvalue weighted by atomic mass is 10.1. The standard InChI is InChI=1S/C10H7N3O/c1-2-9-10(14-6-11-9)5-7(1)8-3-4-12-13-8/h1-6H,(H,12,13). The van der Waals surface area contributed by atoms with Crippen molar-refractivity contribution in [2.24, 2.45) is 0 Å². The first-order valence-electron chi connectivity index (χ1n) is 4.26. The highest BCUT2D eigenvalue weighted by molar-refractivity contribution is 5.78. The van der Waals surface area contributed by atoms with Gasteiger partial charge in [0.2, 0.25) is 0 Å². The van der Waals surface area contributed by atoms with E-state index in [1.54, 1.807) is 6.20 Å². The second-order valence-electron chi connectivity index (χ2n) is 3.01. The summed E-state index contributed by atoms with van der Waals surface area (Å²) in [7, 11) is 0. The lowest BCUT2D eigenvalue weighted by Gasteiger charge is -1.95. The molecular weight excluding hydrogens is 178 g/mol. The number of oxazole rings is 1. The highest BCUT2D eigenvalue weighted by Crippen LogP contribution is 2.21. The van der Waals surface area contributed by atoms with Crippen LogP contribution in [0.2, 0.25) is 0 Å². The first-order chi connectivity index (χ1) is 6.93. The Morgan fingerprint density at radius 2 is 2.21 bits per heavy atom. The van der Waals surface area contributed by atoms with E-state index in [0.717, 1.165) is 22.4 Å². The molecule has 0 radical (unpaired) electrons. The predicted molar refractivity (Wildman–Crippen MR) is 51.6 cm³/mol. The lowest BCUT2D eigenvalue weighted by molar-refractivity contribution is 0.602. The van der Waals surface area contributed by atoms with Crippen molar-refractivity contribution in [2.45, 2.75) is 0 Å². The summed E-state index contributed by atoms with van der Waals surface area (Å²) in [6.07, 6.45) is 3.17. The SMILES string of the molecule is c1cc(-c2ccc3ncoc3c2)[nH]n1. The summed E-state index contributed by atoms with van der Waals surface area (Å²) in [4.78, 5) is 4.05. The third-order valence-electron chi connectivity index (χ3n) is 2.14. The van der Waals surface area contributed by atoms with Gasteiger partial charge in [-0.05, 0) is 18.2 Å². The van der Waals surface area contributed by atoms with Gasteiger partial charge in [-0.2, -0.15) is 5.10 Å². The maximum absolute atomic E-state index is 5.21. The Hall–Kier alpha value is -2.10. The number of benzene rings is 1. The zero-order valence-corrected chi connectivity index (χ0v) is 7.27. The average Bonchev–Trinajstić information content (AvgIpc) is 2.88. The summed E-state index contributed by atoms with van der Waals surface area (Å²) in [5.41, 5.74) is 3.68. The normalized spacial score (nSPS) is 10.9. The van der Waals surface area contributed by atoms with Crippen LogP contribution in [-0.4, -0.2) is 15.2 Å². The van der Waals surface area contributed by atoms with E-state index >= 15 is 0 Å². The minimum absolute atomic E-state index is 0.789. The number of nitrogens with zero attached hydrogens (tertiary/aromatic N) is 2. The summed E-state index contributed by atoms with van der Waals surface area (Å²) in [6.45, 7) is 0. The van der Waals surface area contributed by atoms with E-state index in [1.165, 1.54) is 6.39 Å². The third kappa shape index (κ3) is 1.01. The van der Waals surface area contributed by atoms with Crippen molar-refractivity contribution in [3.63, 3.8) is 0 Å². The van der Waals surface area contributed by atoms with Crippen molar-refractivity contribution in [1.82, 2.24) is 15.2 Å². The Morgan fingerprint density at radius 1 is 1.21 bits per heavy atom. The van der Waals surface area contributed by atoms with Crippen LogP contribution in [0.25, 0.3) is 22.4 Å². The average molecular weight is 185 g/mol. The van der Waals surface area contributed by atoms with Gasteiger partial charge in [0.1, 0.15) is 5.52 Å². The fourth-order valence-electron chi connectivity index (χ4n) is 1.44. The Labute approximate surface area is 79.6 Å². The van der Waals surface area contributed by atoms with Gasteiger partial charge in [0.25, 0.3) is 0 Å². The first-order valence-corrected chi connectivity index (χ1v) is 4.26. The smallest absolute Gasteiger partial charge is 0.181 e. The monoisotopic (exact) mass is 185 g/mol. The molecule has 0 unspecified atom stereocenters. The molecule has 2 aromatic heterocycles. The fraction of sp³-hybridized carbons (Fsp3) is 0. The molecule has 14 heavy (non-hydrogen) atoms. The molecule has 0 bridgehead atoms. The van der Waals surface area contributed by atoms with Crippen molar-refractivity contribution in [2.75, 3.05) is 0 Å². The molecule has 2 heterocycles. The molecule has 0 aliphatic carbocycles. The maximum atomic E-state index is 5.21. The van der Waals surface area contributed by atoms with Crippen molar-refractivity contribution >= 4 is 11.1 Å². The van der Waals surface area contributed by atoms with Crippen molar-refractivity contribution in [3.8, 4) is 11.3 Å². The minimum atomic E-state index is 0.789. The largest absolute Gasteiger partial charge is 0.443 e. The Morgan fingerprint density at radius 3 is 3.07 bits per heavy atom. The van der Waals surface area contributed by atoms with Crippen LogP contribution < -0.4 is 0 Å². The van der Waals surface area contributed by atoms with Gasteiger partial charge in [0.05, 0.1) is 5.69 Å². The number of H-pyrrole nitrogens is 1. The van der Waals surface area contributed by atoms with Gasteiger partial charge in [0.15, 0.2) is 12.0 Å². The Bertz CT molecular complexity index is 554. The van der Waals surface area contributed by atoms with Crippen LogP contribution in [0, 0.1) is 0 Å². The van der Waals surface area contributed by atoms with Gasteiger partial charge in [-0.1, -0.05) is 6.07 Å². The van der Waals surface area contributed by atoms with Gasteiger partial charge in [-0.3, -0.25) is 5.10 Å². The highest BCUT2D eigenvalue weighted by atomic mass is 16.3. The van der Waals surface area contributed by atoms with Crippen LogP contribution in [0.1, 0.15) is 0 Å². The lowest BCUT2D eigenvalue weighted by Crippen LogP contribution is -1.77. The molecule has 1 aromatic carbocycles. The first kappa shape index (κ1) is 7.32. The molecule has 4 nitrogen and oxygen atoms in total. The molecule has 0 atom stereocenters. The number of nitrogens with one attached hydrogen (secondary N) is 1. The summed E-state index contributed by atoms with van der Waals surface area (Å²) in [6, 6.07) is 7.76. The zero-order valence-electron chi connectivity index (χ0n) is 7.27. The molecule has 3 aromatic rings. The minimum Gasteiger partial charge on any atom is -0.443 e. The van der Waals surface area contributed by atoms with E-state index in [2.05, 4.69) is 15.2 Å². The quantitative estimate of drug-likeness (QED) is 0.632. The summed E-state index contributed by atoms with van der Waals surface area (Å²) in [5, 5.41) is 6.79. The maximum Gasteiger partial charge on any atom is 0.181 e. The number of hydrogen-bond donors (Lipinski definition) is 1. The molecule has 0 fully saturated rings. The summed E-state index contributed by atoms with van der Waals surface area (Å²) >= 11 is 0. The third-order valence-corrected chi connectivity index (χ3v) is 2.14. The molecule has 3 rings (SSSR count). The molecule has 0 saturated carbocycles. The Balaban J connectivity index is 2.23. The molecule has 0 saturated heterocycles. The zero-order chi connectivity index (χ0) is 9.38. The molecule has 68 valence electrons. The van der Waals surface area contributed by atoms with E-state index < -0.39 is 0 Å². The summed E-state index contributed by atoms with van der Waals surface area (Å²) in [5.74, 6) is 0. The number of fused-ring (bicyclic) bond motifs is 1. The van der Waals surface area contributed by atoms with Crippen LogP contribution in [0.4, 0.5) is 0 Å². The molecule has 0 aliphatic heterocycles. The van der Waals surface area contributed by atoms with Gasteiger partial charge >= 0.3 is 0 Å². The van der Waals surface area contributed by atoms with Crippen LogP contribution in [-0.2, 0) is 0 Å². The van der Waals surface area contributed by atoms with E-state index in [1.807, 2.05) is 24.3 Å². The predicted octanol–water partition coefficient (Wildman–Crippen LogP) is 2.22. The molecular formula is C10H7N3O. The number of aromatic nitrogens is 3. The van der Waals surface area contributed by atoms with Crippen LogP contribution >= 0.6 is 0 Å². The van der Waals surface area contributed by atoms with E-state index in [9.17, 15) is 0 Å². The molecule has 0 amide bonds. The van der Waals surface area contributed by atoms with Crippen molar-refractivity contribution in [1.29, 1.82) is 0 Å². The van der Waals surface area contributed by atoms with Crippen molar-refractivity contribution in [3.05, 3.63) is 36.9 Å². The highest BCUT2D eigenvalue weighted by Gasteiger charge is 2.02. The second-order valence-corrected chi connectivity index (χ2v) is 3.01. The van der Waals surface area contributed by atoms with Gasteiger partial charge in [0, 0.05) is 11.8 Å². The molecule has 1 N–H and O–H groups in total. The van der Waals surface area contributed by atoms with E-state index in [-0.39, 0.29) is 0 Å². The van der Waals surface area contributed by atoms with Crippen LogP contribution in [0.5, 0.6) is 0 Å². The molecule has 4 heteroatoms. The number of aromatic amines is 1.